The van der Waals surface area contributed by atoms with Crippen molar-refractivity contribution in [3.8, 4) is 11.8 Å². The molecule has 6 nitrogen and oxygen atoms in total. The van der Waals surface area contributed by atoms with E-state index in [-0.39, 0.29) is 12.0 Å². The van der Waals surface area contributed by atoms with Crippen LogP contribution in [0.2, 0.25) is 0 Å². The fourth-order valence-electron chi connectivity index (χ4n) is 3.56. The standard InChI is InChI=1S/C24H21N3O3S/c1-3-29-23(28)21-16(2)26-24-27(12-13-31-24)22(21)17-8-10-20(11-9-17)30-15-19-7-5-4-6-18(19)14-25/h4-13,22H,3,15H2,1-2H3/t22-/m0/s1. The predicted molar refractivity (Wildman–Crippen MR) is 120 cm³/mol. The number of rotatable bonds is 6. The molecule has 0 radical (unpaired) electrons. The summed E-state index contributed by atoms with van der Waals surface area (Å²) in [4.78, 5) is 19.3. The van der Waals surface area contributed by atoms with Crippen molar-refractivity contribution in [3.63, 3.8) is 0 Å². The van der Waals surface area contributed by atoms with E-state index in [1.807, 2.05) is 65.9 Å². The lowest BCUT2D eigenvalue weighted by atomic mass is 9.95. The highest BCUT2D eigenvalue weighted by Gasteiger charge is 2.37. The van der Waals surface area contributed by atoms with Gasteiger partial charge in [0, 0.05) is 11.8 Å². The van der Waals surface area contributed by atoms with E-state index in [0.717, 1.165) is 16.3 Å². The zero-order valence-corrected chi connectivity index (χ0v) is 18.1. The van der Waals surface area contributed by atoms with Gasteiger partial charge in [0.2, 0.25) is 0 Å². The SMILES string of the molecule is CCOC(=O)C1=C(C)N=C2SC=CN2[C@H]1c1ccc(OCc2ccccc2C#N)cc1. The summed E-state index contributed by atoms with van der Waals surface area (Å²) in [5.41, 5.74) is 3.58. The number of nitriles is 1. The van der Waals surface area contributed by atoms with Crippen molar-refractivity contribution in [2.45, 2.75) is 26.5 Å². The smallest absolute Gasteiger partial charge is 0.338 e. The quantitative estimate of drug-likeness (QED) is 0.605. The summed E-state index contributed by atoms with van der Waals surface area (Å²) < 4.78 is 11.2. The number of esters is 1. The third-order valence-corrected chi connectivity index (χ3v) is 5.81. The Morgan fingerprint density at radius 2 is 2.00 bits per heavy atom. The summed E-state index contributed by atoms with van der Waals surface area (Å²) in [6.07, 6.45) is 1.93. The third kappa shape index (κ3) is 4.21. The van der Waals surface area contributed by atoms with Gasteiger partial charge in [-0.3, -0.25) is 0 Å². The van der Waals surface area contributed by atoms with Gasteiger partial charge in [-0.15, -0.1) is 0 Å². The minimum Gasteiger partial charge on any atom is -0.489 e. The van der Waals surface area contributed by atoms with Gasteiger partial charge in [0.25, 0.3) is 0 Å². The summed E-state index contributed by atoms with van der Waals surface area (Å²) >= 11 is 1.53. The molecule has 1 atom stereocenters. The summed E-state index contributed by atoms with van der Waals surface area (Å²) in [7, 11) is 0. The van der Waals surface area contributed by atoms with E-state index in [9.17, 15) is 10.1 Å². The molecule has 0 saturated heterocycles. The first kappa shape index (κ1) is 20.8. The Hall–Kier alpha value is -3.50. The number of amidine groups is 1. The molecular weight excluding hydrogens is 410 g/mol. The summed E-state index contributed by atoms with van der Waals surface area (Å²) in [6, 6.07) is 16.9. The number of carbonyl (C=O) groups is 1. The first-order chi connectivity index (χ1) is 15.1. The zero-order valence-electron chi connectivity index (χ0n) is 17.2. The molecule has 0 spiro atoms. The van der Waals surface area contributed by atoms with Crippen LogP contribution in [-0.2, 0) is 16.1 Å². The molecule has 7 heteroatoms. The normalized spacial score (nSPS) is 17.1. The van der Waals surface area contributed by atoms with Gasteiger partial charge in [-0.25, -0.2) is 9.79 Å². The van der Waals surface area contributed by atoms with Crippen molar-refractivity contribution < 1.29 is 14.3 Å². The molecule has 0 saturated carbocycles. The van der Waals surface area contributed by atoms with Crippen LogP contribution < -0.4 is 4.74 Å². The lowest BCUT2D eigenvalue weighted by molar-refractivity contribution is -0.139. The van der Waals surface area contributed by atoms with E-state index in [2.05, 4.69) is 11.1 Å². The molecule has 0 bridgehead atoms. The zero-order chi connectivity index (χ0) is 21.8. The maximum Gasteiger partial charge on any atom is 0.338 e. The fourth-order valence-corrected chi connectivity index (χ4v) is 4.35. The van der Waals surface area contributed by atoms with Crippen LogP contribution in [0.15, 0.2) is 76.4 Å². The number of thioether (sulfide) groups is 1. The van der Waals surface area contributed by atoms with Crippen LogP contribution in [0.1, 0.15) is 36.6 Å². The van der Waals surface area contributed by atoms with E-state index in [1.54, 1.807) is 13.0 Å². The Balaban J connectivity index is 1.58. The Kier molecular flexibility index (Phi) is 6.10. The summed E-state index contributed by atoms with van der Waals surface area (Å²) in [5.74, 6) is 0.331. The Labute approximate surface area is 185 Å². The molecule has 0 aromatic heterocycles. The maximum atomic E-state index is 12.7. The van der Waals surface area contributed by atoms with E-state index in [1.165, 1.54) is 11.8 Å². The highest BCUT2D eigenvalue weighted by Crippen LogP contribution is 2.41. The fraction of sp³-hybridized carbons (Fsp3) is 0.208. The molecule has 31 heavy (non-hydrogen) atoms. The summed E-state index contributed by atoms with van der Waals surface area (Å²) in [6.45, 7) is 4.25. The van der Waals surface area contributed by atoms with Gasteiger partial charge >= 0.3 is 5.97 Å². The average Bonchev–Trinajstić information content (AvgIpc) is 3.25. The van der Waals surface area contributed by atoms with Crippen LogP contribution in [0, 0.1) is 11.3 Å². The highest BCUT2D eigenvalue weighted by atomic mass is 32.2. The molecule has 2 heterocycles. The Morgan fingerprint density at radius 1 is 1.23 bits per heavy atom. The van der Waals surface area contributed by atoms with Crippen molar-refractivity contribution in [3.05, 3.63) is 88.1 Å². The monoisotopic (exact) mass is 431 g/mol. The number of hydrogen-bond donors (Lipinski definition) is 0. The maximum absolute atomic E-state index is 12.7. The van der Waals surface area contributed by atoms with Gasteiger partial charge in [-0.2, -0.15) is 5.26 Å². The number of nitrogens with zero attached hydrogens (tertiary/aromatic N) is 3. The van der Waals surface area contributed by atoms with E-state index < -0.39 is 0 Å². The van der Waals surface area contributed by atoms with E-state index in [4.69, 9.17) is 9.47 Å². The second-order valence-electron chi connectivity index (χ2n) is 6.95. The topological polar surface area (TPSA) is 74.9 Å². The van der Waals surface area contributed by atoms with Crippen LogP contribution in [0.5, 0.6) is 5.75 Å². The number of aliphatic imine (C=N–C) groups is 1. The largest absolute Gasteiger partial charge is 0.489 e. The number of benzene rings is 2. The second kappa shape index (κ2) is 9.11. The molecule has 2 aromatic carbocycles. The molecule has 0 N–H and O–H groups in total. The minimum absolute atomic E-state index is 0.306. The highest BCUT2D eigenvalue weighted by molar-refractivity contribution is 8.16. The molecule has 2 aromatic rings. The molecule has 2 aliphatic rings. The molecule has 0 aliphatic carbocycles. The van der Waals surface area contributed by atoms with Crippen molar-refractivity contribution in [2.75, 3.05) is 6.61 Å². The lowest BCUT2D eigenvalue weighted by Gasteiger charge is -2.33. The molecular formula is C24H21N3O3S. The van der Waals surface area contributed by atoms with Crippen LogP contribution in [0.4, 0.5) is 0 Å². The van der Waals surface area contributed by atoms with E-state index >= 15 is 0 Å². The average molecular weight is 432 g/mol. The molecule has 0 unspecified atom stereocenters. The molecule has 4 rings (SSSR count). The van der Waals surface area contributed by atoms with Gasteiger partial charge in [-0.1, -0.05) is 42.1 Å². The van der Waals surface area contributed by atoms with Crippen LogP contribution in [0.3, 0.4) is 0 Å². The predicted octanol–water partition coefficient (Wildman–Crippen LogP) is 4.91. The molecule has 156 valence electrons. The first-order valence-corrected chi connectivity index (χ1v) is 10.8. The van der Waals surface area contributed by atoms with Gasteiger partial charge in [0.15, 0.2) is 5.17 Å². The third-order valence-electron chi connectivity index (χ3n) is 5.04. The van der Waals surface area contributed by atoms with Gasteiger partial charge in [0.05, 0.1) is 35.6 Å². The summed E-state index contributed by atoms with van der Waals surface area (Å²) in [5, 5.41) is 12.0. The van der Waals surface area contributed by atoms with Gasteiger partial charge in [0.1, 0.15) is 12.4 Å². The second-order valence-corrected chi connectivity index (χ2v) is 7.83. The van der Waals surface area contributed by atoms with Crippen molar-refractivity contribution >= 4 is 22.9 Å². The number of fused-ring (bicyclic) bond motifs is 1. The van der Waals surface area contributed by atoms with Crippen molar-refractivity contribution in [2.24, 2.45) is 4.99 Å². The number of allylic oxidation sites excluding steroid dienone is 1. The number of ether oxygens (including phenoxy) is 2. The molecule has 0 amide bonds. The Morgan fingerprint density at radius 3 is 2.74 bits per heavy atom. The van der Waals surface area contributed by atoms with Crippen molar-refractivity contribution in [1.82, 2.24) is 4.90 Å². The van der Waals surface area contributed by atoms with E-state index in [0.29, 0.717) is 35.8 Å². The number of hydrogen-bond acceptors (Lipinski definition) is 7. The molecule has 0 fully saturated rings. The molecule has 2 aliphatic heterocycles. The van der Waals surface area contributed by atoms with Crippen LogP contribution >= 0.6 is 11.8 Å². The Bertz CT molecular complexity index is 1130. The van der Waals surface area contributed by atoms with Crippen LogP contribution in [0.25, 0.3) is 0 Å². The van der Waals surface area contributed by atoms with Gasteiger partial charge in [-0.05, 0) is 43.0 Å². The lowest BCUT2D eigenvalue weighted by Crippen LogP contribution is -2.34. The van der Waals surface area contributed by atoms with Crippen LogP contribution in [-0.4, -0.2) is 22.6 Å². The van der Waals surface area contributed by atoms with Gasteiger partial charge < -0.3 is 14.4 Å². The first-order valence-electron chi connectivity index (χ1n) is 9.91. The minimum atomic E-state index is -0.355. The van der Waals surface area contributed by atoms with Crippen molar-refractivity contribution in [1.29, 1.82) is 5.26 Å². The number of carbonyl (C=O) groups excluding carboxylic acids is 1.